The molecule has 0 saturated carbocycles. The smallest absolute Gasteiger partial charge is 0.335 e. The van der Waals surface area contributed by atoms with E-state index in [0.29, 0.717) is 19.6 Å². The van der Waals surface area contributed by atoms with E-state index in [9.17, 15) is 18.0 Å². The number of hydrogen-bond acceptors (Lipinski definition) is 2. The summed E-state index contributed by atoms with van der Waals surface area (Å²) in [5.41, 5.74) is 0.0327. The average molecular weight is 467 g/mol. The molecular formula is C25H30ClF3N2O. The van der Waals surface area contributed by atoms with Crippen molar-refractivity contribution < 1.29 is 18.0 Å². The first-order chi connectivity index (χ1) is 15.3. The summed E-state index contributed by atoms with van der Waals surface area (Å²) in [5.74, 6) is -0.454. The number of nitrogens with zero attached hydrogens (tertiary/aromatic N) is 2. The molecule has 7 heteroatoms. The molecular weight excluding hydrogens is 437 g/mol. The molecule has 32 heavy (non-hydrogen) atoms. The van der Waals surface area contributed by atoms with Crippen LogP contribution in [0, 0.1) is 0 Å². The fourth-order valence-corrected chi connectivity index (χ4v) is 4.58. The van der Waals surface area contributed by atoms with E-state index in [0.717, 1.165) is 24.6 Å². The normalized spacial score (nSPS) is 17.5. The van der Waals surface area contributed by atoms with Crippen molar-refractivity contribution in [2.45, 2.75) is 51.2 Å². The van der Waals surface area contributed by atoms with Gasteiger partial charge in [0, 0.05) is 19.6 Å². The minimum absolute atomic E-state index is 0.00431. The van der Waals surface area contributed by atoms with Gasteiger partial charge >= 0.3 is 6.18 Å². The average Bonchev–Trinajstić information content (AvgIpc) is 2.78. The molecule has 2 aromatic rings. The summed E-state index contributed by atoms with van der Waals surface area (Å²) in [7, 11) is 0. The first-order valence-electron chi connectivity index (χ1n) is 11.3. The van der Waals surface area contributed by atoms with E-state index in [2.05, 4.69) is 11.8 Å². The second-order valence-electron chi connectivity index (χ2n) is 8.29. The Balaban J connectivity index is 1.77. The van der Waals surface area contributed by atoms with Gasteiger partial charge in [0.25, 0.3) is 5.91 Å². The molecule has 0 aromatic heterocycles. The van der Waals surface area contributed by atoms with E-state index in [1.807, 2.05) is 30.3 Å². The molecule has 1 fully saturated rings. The van der Waals surface area contributed by atoms with Crippen LogP contribution in [0.2, 0.25) is 5.02 Å². The molecule has 174 valence electrons. The van der Waals surface area contributed by atoms with Crippen molar-refractivity contribution in [1.29, 1.82) is 0 Å². The quantitative estimate of drug-likeness (QED) is 0.398. The van der Waals surface area contributed by atoms with Crippen LogP contribution in [0.25, 0.3) is 0 Å². The van der Waals surface area contributed by atoms with Gasteiger partial charge in [-0.3, -0.25) is 9.69 Å². The van der Waals surface area contributed by atoms with Gasteiger partial charge in [0.05, 0.1) is 22.2 Å². The highest BCUT2D eigenvalue weighted by molar-refractivity contribution is 6.34. The van der Waals surface area contributed by atoms with Crippen LogP contribution in [-0.2, 0) is 6.18 Å². The van der Waals surface area contributed by atoms with Gasteiger partial charge in [-0.2, -0.15) is 13.2 Å². The predicted octanol–water partition coefficient (Wildman–Crippen LogP) is 6.83. The van der Waals surface area contributed by atoms with E-state index >= 15 is 0 Å². The third-order valence-corrected chi connectivity index (χ3v) is 6.45. The fourth-order valence-electron chi connectivity index (χ4n) is 4.27. The van der Waals surface area contributed by atoms with Crippen molar-refractivity contribution in [1.82, 2.24) is 9.80 Å². The van der Waals surface area contributed by atoms with Crippen molar-refractivity contribution in [2.24, 2.45) is 0 Å². The number of carbonyl (C=O) groups excluding carboxylic acids is 1. The van der Waals surface area contributed by atoms with Crippen molar-refractivity contribution in [3.63, 3.8) is 0 Å². The highest BCUT2D eigenvalue weighted by Gasteiger charge is 2.36. The Morgan fingerprint density at radius 1 is 1.00 bits per heavy atom. The summed E-state index contributed by atoms with van der Waals surface area (Å²) in [6.07, 6.45) is 1.33. The maximum Gasteiger partial charge on any atom is 0.417 e. The molecule has 0 radical (unpaired) electrons. The topological polar surface area (TPSA) is 23.6 Å². The Morgan fingerprint density at radius 3 is 2.41 bits per heavy atom. The van der Waals surface area contributed by atoms with Crippen LogP contribution in [0.1, 0.15) is 66.6 Å². The van der Waals surface area contributed by atoms with Crippen LogP contribution in [0.15, 0.2) is 48.5 Å². The number of halogens is 4. The molecule has 3 rings (SSSR count). The molecule has 1 saturated heterocycles. The Kier molecular flexibility index (Phi) is 8.60. The number of benzene rings is 2. The summed E-state index contributed by atoms with van der Waals surface area (Å²) < 4.78 is 39.7. The molecule has 1 unspecified atom stereocenters. The molecule has 0 aliphatic carbocycles. The number of hydrogen-bond donors (Lipinski definition) is 0. The van der Waals surface area contributed by atoms with E-state index in [1.54, 1.807) is 4.90 Å². The number of piperazine rings is 1. The van der Waals surface area contributed by atoms with Crippen molar-refractivity contribution >= 4 is 17.5 Å². The van der Waals surface area contributed by atoms with Gasteiger partial charge in [-0.05, 0) is 30.7 Å². The third kappa shape index (κ3) is 6.04. The minimum Gasteiger partial charge on any atom is -0.335 e. The Hall–Kier alpha value is -2.05. The summed E-state index contributed by atoms with van der Waals surface area (Å²) in [5, 5.41) is -0.528. The van der Waals surface area contributed by atoms with Gasteiger partial charge in [-0.25, -0.2) is 0 Å². The number of carbonyl (C=O) groups is 1. The highest BCUT2D eigenvalue weighted by Crippen LogP contribution is 2.37. The molecule has 0 spiro atoms. The maximum atomic E-state index is 13.2. The Bertz CT molecular complexity index is 889. The van der Waals surface area contributed by atoms with Crippen LogP contribution in [0.5, 0.6) is 0 Å². The van der Waals surface area contributed by atoms with Crippen molar-refractivity contribution in [3.8, 4) is 0 Å². The summed E-state index contributed by atoms with van der Waals surface area (Å²) in [6, 6.07) is 13.5. The molecule has 0 N–H and O–H groups in total. The molecule has 1 aliphatic rings. The first-order valence-corrected chi connectivity index (χ1v) is 11.6. The highest BCUT2D eigenvalue weighted by atomic mass is 35.5. The third-order valence-electron chi connectivity index (χ3n) is 6.05. The molecule has 1 atom stereocenters. The van der Waals surface area contributed by atoms with Crippen molar-refractivity contribution in [2.75, 3.05) is 26.2 Å². The zero-order valence-electron chi connectivity index (χ0n) is 18.4. The van der Waals surface area contributed by atoms with E-state index in [1.165, 1.54) is 37.8 Å². The standard InChI is InChI=1S/C25H30ClF3N2O/c1-2-3-4-5-9-15-30-16-17-31(18-22(30)19-11-7-6-8-12-19)24(32)20-13-10-14-21(23(20)26)25(27,28)29/h6-8,10-14,22H,2-5,9,15-18H2,1H3. The molecule has 3 nitrogen and oxygen atoms in total. The Labute approximate surface area is 193 Å². The van der Waals surface area contributed by atoms with Crippen LogP contribution in [0.4, 0.5) is 13.2 Å². The predicted molar refractivity (Wildman–Crippen MR) is 122 cm³/mol. The van der Waals surface area contributed by atoms with Gasteiger partial charge in [0.15, 0.2) is 0 Å². The van der Waals surface area contributed by atoms with Gasteiger partial charge in [0.1, 0.15) is 0 Å². The lowest BCUT2D eigenvalue weighted by Gasteiger charge is -2.42. The number of rotatable bonds is 8. The van der Waals surface area contributed by atoms with E-state index in [4.69, 9.17) is 11.6 Å². The molecule has 2 aromatic carbocycles. The second-order valence-corrected chi connectivity index (χ2v) is 8.67. The minimum atomic E-state index is -4.60. The fraction of sp³-hybridized carbons (Fsp3) is 0.480. The number of amides is 1. The summed E-state index contributed by atoms with van der Waals surface area (Å²) in [6.45, 7) is 4.69. The zero-order valence-corrected chi connectivity index (χ0v) is 19.1. The largest absolute Gasteiger partial charge is 0.417 e. The maximum absolute atomic E-state index is 13.2. The lowest BCUT2D eigenvalue weighted by atomic mass is 10.0. The zero-order chi connectivity index (χ0) is 23.1. The monoisotopic (exact) mass is 466 g/mol. The van der Waals surface area contributed by atoms with Gasteiger partial charge < -0.3 is 4.90 Å². The molecule has 1 heterocycles. The van der Waals surface area contributed by atoms with Crippen LogP contribution < -0.4 is 0 Å². The summed E-state index contributed by atoms with van der Waals surface area (Å²) in [4.78, 5) is 17.2. The molecule has 1 amide bonds. The first kappa shape index (κ1) is 24.6. The Morgan fingerprint density at radius 2 is 1.72 bits per heavy atom. The second kappa shape index (κ2) is 11.2. The van der Waals surface area contributed by atoms with Crippen molar-refractivity contribution in [3.05, 3.63) is 70.2 Å². The molecule has 1 aliphatic heterocycles. The van der Waals surface area contributed by atoms with Gasteiger partial charge in [0.2, 0.25) is 0 Å². The van der Waals surface area contributed by atoms with Crippen LogP contribution in [0.3, 0.4) is 0 Å². The summed E-state index contributed by atoms with van der Waals surface area (Å²) >= 11 is 6.02. The number of unbranched alkanes of at least 4 members (excludes halogenated alkanes) is 4. The molecule has 0 bridgehead atoms. The number of alkyl halides is 3. The van der Waals surface area contributed by atoms with Crippen LogP contribution in [-0.4, -0.2) is 41.9 Å². The van der Waals surface area contributed by atoms with Crippen LogP contribution >= 0.6 is 11.6 Å². The van der Waals surface area contributed by atoms with Gasteiger partial charge in [-0.15, -0.1) is 0 Å². The van der Waals surface area contributed by atoms with Gasteiger partial charge in [-0.1, -0.05) is 80.6 Å². The SMILES string of the molecule is CCCCCCCN1CCN(C(=O)c2cccc(C(F)(F)F)c2Cl)CC1c1ccccc1. The van der Waals surface area contributed by atoms with E-state index < -0.39 is 22.7 Å². The lowest BCUT2D eigenvalue weighted by molar-refractivity contribution is -0.137. The lowest BCUT2D eigenvalue weighted by Crippen LogP contribution is -2.50. The van der Waals surface area contributed by atoms with E-state index in [-0.39, 0.29) is 11.6 Å².